The van der Waals surface area contributed by atoms with E-state index in [1.165, 1.54) is 23.8 Å². The van der Waals surface area contributed by atoms with Crippen molar-refractivity contribution in [2.75, 3.05) is 31.1 Å². The number of benzene rings is 2. The van der Waals surface area contributed by atoms with E-state index in [0.717, 1.165) is 50.8 Å². The molecular weight excluding hydrogens is 541 g/mol. The molecule has 2 aromatic carbocycles. The Labute approximate surface area is 246 Å². The van der Waals surface area contributed by atoms with Gasteiger partial charge in [0.25, 0.3) is 5.91 Å². The summed E-state index contributed by atoms with van der Waals surface area (Å²) in [7, 11) is 2.00. The maximum Gasteiger partial charge on any atom is 0.416 e. The van der Waals surface area contributed by atoms with Gasteiger partial charge in [-0.3, -0.25) is 9.69 Å². The lowest BCUT2D eigenvalue weighted by molar-refractivity contribution is -0.138. The van der Waals surface area contributed by atoms with Gasteiger partial charge in [-0.15, -0.1) is 10.2 Å². The SMILES string of the molecule is CC(c1cc2c(c(C(F)(F)F)c1)CN(c1ccccc1)C2=O)N1CCC2(CNC2)C1.CCC(CC)Cc1nncn1C. The van der Waals surface area contributed by atoms with Crippen molar-refractivity contribution in [2.45, 2.75) is 65.2 Å². The van der Waals surface area contributed by atoms with E-state index in [9.17, 15) is 18.0 Å². The van der Waals surface area contributed by atoms with Gasteiger partial charge in [0, 0.05) is 55.8 Å². The molecule has 0 aliphatic carbocycles. The number of carbonyl (C=O) groups excluding carboxylic acids is 1. The summed E-state index contributed by atoms with van der Waals surface area (Å²) in [6, 6.07) is 11.6. The van der Waals surface area contributed by atoms with Crippen LogP contribution >= 0.6 is 0 Å². The Hall–Kier alpha value is -3.24. The molecule has 1 spiro atoms. The highest BCUT2D eigenvalue weighted by molar-refractivity contribution is 6.10. The standard InChI is InChI=1S/C23H24F3N3O.C9H17N3/c1-15(28-8-7-22(14-28)12-27-13-22)16-9-18-19(20(10-16)23(24,25)26)11-29(21(18)30)17-5-3-2-4-6-17;1-4-8(5-2)6-9-11-10-7-12(9)3/h2-6,9-10,15,27H,7-8,11-14H2,1H3;7-8H,4-6H2,1-3H3. The Morgan fingerprint density at radius 3 is 2.36 bits per heavy atom. The predicted octanol–water partition coefficient (Wildman–Crippen LogP) is 6.02. The number of para-hydroxylation sites is 1. The number of nitrogens with zero attached hydrogens (tertiary/aromatic N) is 5. The second-order valence-electron chi connectivity index (χ2n) is 12.1. The van der Waals surface area contributed by atoms with Crippen LogP contribution in [0, 0.1) is 11.3 Å². The van der Waals surface area contributed by atoms with E-state index >= 15 is 0 Å². The smallest absolute Gasteiger partial charge is 0.321 e. The highest BCUT2D eigenvalue weighted by Crippen LogP contribution is 2.43. The molecule has 3 aromatic rings. The van der Waals surface area contributed by atoms with E-state index in [1.807, 2.05) is 24.6 Å². The molecule has 0 radical (unpaired) electrons. The Kier molecular flexibility index (Phi) is 8.76. The first-order valence-electron chi connectivity index (χ1n) is 14.9. The average molecular weight is 583 g/mol. The number of hydrogen-bond acceptors (Lipinski definition) is 5. The minimum atomic E-state index is -4.50. The molecule has 3 aliphatic heterocycles. The fraction of sp³-hybridized carbons (Fsp3) is 0.531. The zero-order valence-corrected chi connectivity index (χ0v) is 24.9. The van der Waals surface area contributed by atoms with E-state index < -0.39 is 11.7 Å². The average Bonchev–Trinajstić information content (AvgIpc) is 3.68. The van der Waals surface area contributed by atoms with Crippen LogP contribution in [0.15, 0.2) is 48.8 Å². The number of alkyl halides is 3. The fourth-order valence-electron chi connectivity index (χ4n) is 6.35. The third-order valence-electron chi connectivity index (χ3n) is 9.37. The van der Waals surface area contributed by atoms with Crippen LogP contribution in [0.2, 0.25) is 0 Å². The molecule has 2 fully saturated rings. The highest BCUT2D eigenvalue weighted by Gasteiger charge is 2.45. The van der Waals surface area contributed by atoms with Crippen molar-refractivity contribution in [2.24, 2.45) is 18.4 Å². The van der Waals surface area contributed by atoms with Gasteiger partial charge < -0.3 is 14.8 Å². The lowest BCUT2D eigenvalue weighted by Crippen LogP contribution is -2.54. The summed E-state index contributed by atoms with van der Waals surface area (Å²) < 4.78 is 43.9. The summed E-state index contributed by atoms with van der Waals surface area (Å²) in [5.74, 6) is 1.49. The van der Waals surface area contributed by atoms with Crippen molar-refractivity contribution in [3.8, 4) is 0 Å². The number of aryl methyl sites for hydroxylation is 1. The maximum absolute atomic E-state index is 14.0. The van der Waals surface area contributed by atoms with Crippen LogP contribution in [0.1, 0.15) is 78.9 Å². The second-order valence-corrected chi connectivity index (χ2v) is 12.1. The number of nitrogens with one attached hydrogen (secondary N) is 1. The summed E-state index contributed by atoms with van der Waals surface area (Å²) in [6.07, 6.45) is 1.83. The van der Waals surface area contributed by atoms with Crippen molar-refractivity contribution in [3.05, 3.63) is 76.9 Å². The van der Waals surface area contributed by atoms with Gasteiger partial charge >= 0.3 is 6.18 Å². The van der Waals surface area contributed by atoms with Crippen LogP contribution < -0.4 is 10.2 Å². The van der Waals surface area contributed by atoms with Crippen LogP contribution in [-0.2, 0) is 26.2 Å². The van der Waals surface area contributed by atoms with Gasteiger partial charge in [-0.05, 0) is 61.2 Å². The topological polar surface area (TPSA) is 66.3 Å². The van der Waals surface area contributed by atoms with E-state index in [0.29, 0.717) is 11.3 Å². The molecule has 1 unspecified atom stereocenters. The maximum atomic E-state index is 14.0. The quantitative estimate of drug-likeness (QED) is 0.369. The molecule has 6 rings (SSSR count). The molecule has 10 heteroatoms. The van der Waals surface area contributed by atoms with Crippen molar-refractivity contribution in [1.82, 2.24) is 25.0 Å². The van der Waals surface area contributed by atoms with Gasteiger partial charge in [0.15, 0.2) is 0 Å². The first-order chi connectivity index (χ1) is 20.0. The highest BCUT2D eigenvalue weighted by atomic mass is 19.4. The molecule has 4 heterocycles. The molecule has 1 N–H and O–H groups in total. The first-order valence-corrected chi connectivity index (χ1v) is 14.9. The monoisotopic (exact) mass is 582 g/mol. The number of aromatic nitrogens is 3. The molecule has 0 bridgehead atoms. The second kappa shape index (κ2) is 12.2. The van der Waals surface area contributed by atoms with Gasteiger partial charge in [0.05, 0.1) is 12.1 Å². The Balaban J connectivity index is 0.000000248. The first kappa shape index (κ1) is 30.2. The summed E-state index contributed by atoms with van der Waals surface area (Å²) in [5.41, 5.74) is 1.00. The molecule has 2 saturated heterocycles. The Bertz CT molecular complexity index is 1380. The zero-order chi connectivity index (χ0) is 30.1. The van der Waals surface area contributed by atoms with Crippen LogP contribution in [0.5, 0.6) is 0 Å². The lowest BCUT2D eigenvalue weighted by Gasteiger charge is -2.40. The van der Waals surface area contributed by atoms with E-state index in [2.05, 4.69) is 34.3 Å². The normalized spacial score (nSPS) is 18.7. The van der Waals surface area contributed by atoms with Gasteiger partial charge in [0.2, 0.25) is 0 Å². The third-order valence-corrected chi connectivity index (χ3v) is 9.37. The largest absolute Gasteiger partial charge is 0.416 e. The summed E-state index contributed by atoms with van der Waals surface area (Å²) in [4.78, 5) is 16.7. The predicted molar refractivity (Wildman–Crippen MR) is 157 cm³/mol. The molecule has 0 saturated carbocycles. The number of hydrogen-bond donors (Lipinski definition) is 1. The Morgan fingerprint density at radius 2 is 1.81 bits per heavy atom. The number of rotatable bonds is 7. The molecular formula is C32H41F3N6O. The molecule has 42 heavy (non-hydrogen) atoms. The van der Waals surface area contributed by atoms with Gasteiger partial charge in [-0.1, -0.05) is 44.9 Å². The number of carbonyl (C=O) groups is 1. The number of amides is 1. The lowest BCUT2D eigenvalue weighted by atomic mass is 9.81. The van der Waals surface area contributed by atoms with Crippen molar-refractivity contribution < 1.29 is 18.0 Å². The summed E-state index contributed by atoms with van der Waals surface area (Å²) in [6.45, 7) is 10.0. The van der Waals surface area contributed by atoms with E-state index in [4.69, 9.17) is 0 Å². The van der Waals surface area contributed by atoms with Crippen LogP contribution in [-0.4, -0.2) is 51.8 Å². The van der Waals surface area contributed by atoms with Gasteiger partial charge in [-0.25, -0.2) is 0 Å². The summed E-state index contributed by atoms with van der Waals surface area (Å²) >= 11 is 0. The summed E-state index contributed by atoms with van der Waals surface area (Å²) in [5, 5.41) is 11.2. The molecule has 1 aromatic heterocycles. The molecule has 1 atom stereocenters. The van der Waals surface area contributed by atoms with Gasteiger partial charge in [-0.2, -0.15) is 13.2 Å². The van der Waals surface area contributed by atoms with Crippen LogP contribution in [0.25, 0.3) is 0 Å². The molecule has 7 nitrogen and oxygen atoms in total. The molecule has 1 amide bonds. The number of likely N-dealkylation sites (tertiary alicyclic amines) is 1. The Morgan fingerprint density at radius 1 is 1.10 bits per heavy atom. The van der Waals surface area contributed by atoms with E-state index in [1.54, 1.807) is 36.7 Å². The minimum absolute atomic E-state index is 0.0554. The number of fused-ring (bicyclic) bond motifs is 1. The third kappa shape index (κ3) is 6.10. The van der Waals surface area contributed by atoms with Crippen molar-refractivity contribution in [1.29, 1.82) is 0 Å². The van der Waals surface area contributed by atoms with E-state index in [-0.39, 0.29) is 35.0 Å². The number of anilines is 1. The van der Waals surface area contributed by atoms with Crippen LogP contribution in [0.3, 0.4) is 0 Å². The molecule has 3 aliphatic rings. The van der Waals surface area contributed by atoms with Crippen molar-refractivity contribution >= 4 is 11.6 Å². The minimum Gasteiger partial charge on any atom is -0.321 e. The van der Waals surface area contributed by atoms with Gasteiger partial charge in [0.1, 0.15) is 12.2 Å². The van der Waals surface area contributed by atoms with Crippen LogP contribution in [0.4, 0.5) is 18.9 Å². The zero-order valence-electron chi connectivity index (χ0n) is 24.9. The van der Waals surface area contributed by atoms with Crippen molar-refractivity contribution in [3.63, 3.8) is 0 Å². The number of halogens is 3. The fourth-order valence-corrected chi connectivity index (χ4v) is 6.35. The molecule has 226 valence electrons.